The van der Waals surface area contributed by atoms with Gasteiger partial charge in [-0.3, -0.25) is 4.79 Å². The summed E-state index contributed by atoms with van der Waals surface area (Å²) in [5, 5.41) is 0. The molecule has 0 radical (unpaired) electrons. The number of pyridine rings is 1. The van der Waals surface area contributed by atoms with Crippen molar-refractivity contribution >= 4 is 11.6 Å². The molecule has 0 atom stereocenters. The molecule has 0 aromatic carbocycles. The summed E-state index contributed by atoms with van der Waals surface area (Å²) >= 11 is 0. The van der Waals surface area contributed by atoms with Gasteiger partial charge in [0.05, 0.1) is 5.56 Å². The van der Waals surface area contributed by atoms with E-state index in [0.29, 0.717) is 0 Å². The number of nitrogens with zero attached hydrogens (tertiary/aromatic N) is 1. The van der Waals surface area contributed by atoms with Crippen molar-refractivity contribution < 1.29 is 22.7 Å². The van der Waals surface area contributed by atoms with Gasteiger partial charge in [0.25, 0.3) is 5.91 Å². The first-order valence-corrected chi connectivity index (χ1v) is 3.61. The molecule has 0 unspecified atom stereocenters. The molecule has 0 aliphatic carbocycles. The zero-order chi connectivity index (χ0) is 11.6. The van der Waals surface area contributed by atoms with Gasteiger partial charge in [-0.1, -0.05) is 0 Å². The molecule has 0 aliphatic rings. The Kier molecular flexibility index (Phi) is 2.69. The average molecular weight is 221 g/mol. The lowest BCUT2D eigenvalue weighted by Crippen LogP contribution is -2.21. The number of nitrogens with two attached hydrogens (primary N) is 2. The van der Waals surface area contributed by atoms with Gasteiger partial charge in [0.15, 0.2) is 0 Å². The largest absolute Gasteiger partial charge is 0.574 e. The topological polar surface area (TPSA) is 91.2 Å². The van der Waals surface area contributed by atoms with E-state index in [0.717, 1.165) is 12.3 Å². The minimum atomic E-state index is -4.92. The summed E-state index contributed by atoms with van der Waals surface area (Å²) in [6.07, 6.45) is -3.98. The number of halogens is 3. The lowest BCUT2D eigenvalue weighted by Gasteiger charge is -2.10. The van der Waals surface area contributed by atoms with Crippen LogP contribution in [-0.4, -0.2) is 17.3 Å². The van der Waals surface area contributed by atoms with E-state index in [1.807, 2.05) is 0 Å². The number of ether oxygens (including phenoxy) is 1. The summed E-state index contributed by atoms with van der Waals surface area (Å²) < 4.78 is 38.9. The molecule has 0 bridgehead atoms. The van der Waals surface area contributed by atoms with E-state index < -0.39 is 23.8 Å². The summed E-state index contributed by atoms with van der Waals surface area (Å²) in [6.45, 7) is 0. The Labute approximate surface area is 81.8 Å². The second kappa shape index (κ2) is 3.64. The van der Waals surface area contributed by atoms with Gasteiger partial charge in [-0.05, 0) is 6.07 Å². The van der Waals surface area contributed by atoms with Gasteiger partial charge in [0.2, 0.25) is 5.88 Å². The predicted molar refractivity (Wildman–Crippen MR) is 43.9 cm³/mol. The molecule has 1 amide bonds. The Balaban J connectivity index is 3.10. The number of carbonyl (C=O) groups is 1. The number of alkyl halides is 3. The van der Waals surface area contributed by atoms with Crippen LogP contribution in [0.2, 0.25) is 0 Å². The average Bonchev–Trinajstić information content (AvgIpc) is 2.05. The fourth-order valence-electron chi connectivity index (χ4n) is 0.860. The van der Waals surface area contributed by atoms with E-state index in [1.165, 1.54) is 0 Å². The first-order valence-electron chi connectivity index (χ1n) is 3.61. The van der Waals surface area contributed by atoms with Crippen LogP contribution in [0, 0.1) is 0 Å². The molecular formula is C7H6F3N3O2. The normalized spacial score (nSPS) is 11.1. The smallest absolute Gasteiger partial charge is 0.394 e. The van der Waals surface area contributed by atoms with Gasteiger partial charge >= 0.3 is 6.36 Å². The maximum Gasteiger partial charge on any atom is 0.574 e. The van der Waals surface area contributed by atoms with E-state index in [9.17, 15) is 18.0 Å². The fraction of sp³-hybridized carbons (Fsp3) is 0.143. The molecule has 5 nitrogen and oxygen atoms in total. The summed E-state index contributed by atoms with van der Waals surface area (Å²) in [5.41, 5.74) is 9.25. The number of primary amides is 1. The van der Waals surface area contributed by atoms with Crippen LogP contribution in [0.5, 0.6) is 5.88 Å². The summed E-state index contributed by atoms with van der Waals surface area (Å²) in [4.78, 5) is 13.9. The lowest BCUT2D eigenvalue weighted by atomic mass is 10.2. The van der Waals surface area contributed by atoms with Crippen molar-refractivity contribution in [2.45, 2.75) is 6.36 Å². The van der Waals surface area contributed by atoms with Crippen molar-refractivity contribution in [1.29, 1.82) is 0 Å². The molecule has 8 heteroatoms. The van der Waals surface area contributed by atoms with E-state index in [4.69, 9.17) is 11.5 Å². The minimum Gasteiger partial charge on any atom is -0.394 e. The van der Waals surface area contributed by atoms with Crippen LogP contribution in [0.4, 0.5) is 18.9 Å². The van der Waals surface area contributed by atoms with Crippen LogP contribution in [0.3, 0.4) is 0 Å². The molecule has 0 saturated heterocycles. The highest BCUT2D eigenvalue weighted by atomic mass is 19.4. The molecule has 1 aromatic rings. The van der Waals surface area contributed by atoms with Crippen LogP contribution in [-0.2, 0) is 0 Å². The number of aromatic nitrogens is 1. The van der Waals surface area contributed by atoms with E-state index in [2.05, 4.69) is 9.72 Å². The number of rotatable bonds is 2. The standard InChI is InChI=1S/C7H6F3N3O2/c8-7(9,10)15-6-4(11)3(5(12)14)1-2-13-6/h1-2H,11H2,(H2,12,14). The van der Waals surface area contributed by atoms with Crippen molar-refractivity contribution in [3.63, 3.8) is 0 Å². The number of hydrogen-bond acceptors (Lipinski definition) is 4. The Morgan fingerprint density at radius 2 is 2.07 bits per heavy atom. The van der Waals surface area contributed by atoms with Gasteiger partial charge in [-0.15, -0.1) is 13.2 Å². The molecule has 4 N–H and O–H groups in total. The maximum absolute atomic E-state index is 11.8. The zero-order valence-corrected chi connectivity index (χ0v) is 7.21. The third-order valence-corrected chi connectivity index (χ3v) is 1.43. The Bertz CT molecular complexity index is 392. The number of carbonyl (C=O) groups excluding carboxylic acids is 1. The number of nitrogen functional groups attached to an aromatic ring is 1. The molecule has 1 heterocycles. The molecule has 0 fully saturated rings. The van der Waals surface area contributed by atoms with E-state index in [-0.39, 0.29) is 5.56 Å². The van der Waals surface area contributed by atoms with Gasteiger partial charge < -0.3 is 16.2 Å². The molecule has 15 heavy (non-hydrogen) atoms. The lowest BCUT2D eigenvalue weighted by molar-refractivity contribution is -0.275. The quantitative estimate of drug-likeness (QED) is 0.767. The first-order chi connectivity index (χ1) is 6.81. The zero-order valence-electron chi connectivity index (χ0n) is 7.21. The molecular weight excluding hydrogens is 215 g/mol. The minimum absolute atomic E-state index is 0.274. The third kappa shape index (κ3) is 2.73. The van der Waals surface area contributed by atoms with Crippen molar-refractivity contribution in [1.82, 2.24) is 4.98 Å². The first kappa shape index (κ1) is 11.1. The van der Waals surface area contributed by atoms with Crippen LogP contribution in [0.15, 0.2) is 12.3 Å². The molecule has 0 aliphatic heterocycles. The Morgan fingerprint density at radius 1 is 1.47 bits per heavy atom. The van der Waals surface area contributed by atoms with Crippen LogP contribution in [0.1, 0.15) is 10.4 Å². The van der Waals surface area contributed by atoms with Crippen molar-refractivity contribution in [3.8, 4) is 5.88 Å². The van der Waals surface area contributed by atoms with E-state index in [1.54, 1.807) is 0 Å². The van der Waals surface area contributed by atoms with Gasteiger partial charge in [0.1, 0.15) is 5.69 Å². The molecule has 82 valence electrons. The van der Waals surface area contributed by atoms with E-state index >= 15 is 0 Å². The number of hydrogen-bond donors (Lipinski definition) is 2. The fourth-order valence-corrected chi connectivity index (χ4v) is 0.860. The highest BCUT2D eigenvalue weighted by Gasteiger charge is 2.33. The second-order valence-electron chi connectivity index (χ2n) is 2.49. The molecule has 0 spiro atoms. The molecule has 0 saturated carbocycles. The van der Waals surface area contributed by atoms with Gasteiger partial charge in [0, 0.05) is 6.20 Å². The maximum atomic E-state index is 11.8. The molecule has 1 aromatic heterocycles. The Morgan fingerprint density at radius 3 is 2.53 bits per heavy atom. The predicted octanol–water partition coefficient (Wildman–Crippen LogP) is 0.661. The highest BCUT2D eigenvalue weighted by molar-refractivity contribution is 5.98. The number of anilines is 1. The third-order valence-electron chi connectivity index (χ3n) is 1.43. The second-order valence-corrected chi connectivity index (χ2v) is 2.49. The summed E-state index contributed by atoms with van der Waals surface area (Å²) in [7, 11) is 0. The van der Waals surface area contributed by atoms with Gasteiger partial charge in [-0.2, -0.15) is 0 Å². The van der Waals surface area contributed by atoms with Crippen LogP contribution >= 0.6 is 0 Å². The summed E-state index contributed by atoms with van der Waals surface area (Å²) in [6, 6.07) is 1.10. The van der Waals surface area contributed by atoms with Crippen molar-refractivity contribution in [2.75, 3.05) is 5.73 Å². The Hall–Kier alpha value is -1.99. The van der Waals surface area contributed by atoms with Crippen molar-refractivity contribution in [3.05, 3.63) is 17.8 Å². The molecule has 1 rings (SSSR count). The van der Waals surface area contributed by atoms with Gasteiger partial charge in [-0.25, -0.2) is 4.98 Å². The SMILES string of the molecule is NC(=O)c1ccnc(OC(F)(F)F)c1N. The van der Waals surface area contributed by atoms with Crippen LogP contribution < -0.4 is 16.2 Å². The summed E-state index contributed by atoms with van der Waals surface area (Å²) in [5.74, 6) is -1.85. The van der Waals surface area contributed by atoms with Crippen molar-refractivity contribution in [2.24, 2.45) is 5.73 Å². The number of amides is 1. The monoisotopic (exact) mass is 221 g/mol. The van der Waals surface area contributed by atoms with Crippen LogP contribution in [0.25, 0.3) is 0 Å². The highest BCUT2D eigenvalue weighted by Crippen LogP contribution is 2.27.